The molecule has 1 rings (SSSR count). The average molecular weight is 307 g/mol. The smallest absolute Gasteiger partial charge is 0.271 e. The molecule has 1 heterocycles. The van der Waals surface area contributed by atoms with Crippen LogP contribution in [-0.4, -0.2) is 32.3 Å². The van der Waals surface area contributed by atoms with Crippen LogP contribution < -0.4 is 0 Å². The minimum absolute atomic E-state index is 0.519. The molecule has 0 bridgehead atoms. The Morgan fingerprint density at radius 1 is 1.25 bits per heavy atom. The van der Waals surface area contributed by atoms with Gasteiger partial charge in [-0.05, 0) is 6.42 Å². The van der Waals surface area contributed by atoms with Crippen LogP contribution in [0, 0.1) is 0 Å². The number of alkyl halides is 4. The van der Waals surface area contributed by atoms with E-state index in [2.05, 4.69) is 12.0 Å². The lowest BCUT2D eigenvalue weighted by atomic mass is 10.2. The molecule has 0 aromatic heterocycles. The van der Waals surface area contributed by atoms with Gasteiger partial charge in [-0.2, -0.15) is 5.10 Å². The lowest BCUT2D eigenvalue weighted by molar-refractivity contribution is 0.195. The van der Waals surface area contributed by atoms with Gasteiger partial charge >= 0.3 is 0 Å². The molecule has 0 amide bonds. The first-order chi connectivity index (χ1) is 7.46. The zero-order valence-corrected chi connectivity index (χ0v) is 12.1. The second-order valence-electron chi connectivity index (χ2n) is 3.64. The largest absolute Gasteiger partial charge is 0.281 e. The third kappa shape index (κ3) is 4.02. The summed E-state index contributed by atoms with van der Waals surface area (Å²) in [4.78, 5) is 1.39. The Kier molecular flexibility index (Phi) is 5.78. The standard InChI is InChI=1S/C9H15Cl4N3/c1-2-3-4-5-6-16-8(10)15(7-14-16)9(11,12)13/h7-8H,2-6H2,1H3. The van der Waals surface area contributed by atoms with Crippen molar-refractivity contribution in [3.8, 4) is 0 Å². The van der Waals surface area contributed by atoms with Crippen LogP contribution in [0.1, 0.15) is 32.6 Å². The Hall–Kier alpha value is 0.430. The number of hydrazone groups is 1. The highest BCUT2D eigenvalue weighted by Gasteiger charge is 2.38. The maximum atomic E-state index is 6.12. The van der Waals surface area contributed by atoms with Crippen molar-refractivity contribution >= 4 is 52.7 Å². The molecule has 1 unspecified atom stereocenters. The van der Waals surface area contributed by atoms with Gasteiger partial charge in [0.05, 0.1) is 0 Å². The Labute approximate surface area is 116 Å². The van der Waals surface area contributed by atoms with E-state index in [4.69, 9.17) is 46.4 Å². The summed E-state index contributed by atoms with van der Waals surface area (Å²) in [6.45, 7) is 2.95. The zero-order valence-electron chi connectivity index (χ0n) is 9.04. The molecule has 0 aromatic carbocycles. The fraction of sp³-hybridized carbons (Fsp3) is 0.889. The minimum atomic E-state index is -1.55. The number of hydrogen-bond acceptors (Lipinski definition) is 3. The molecule has 0 radical (unpaired) electrons. The Bertz CT molecular complexity index is 241. The Morgan fingerprint density at radius 2 is 1.94 bits per heavy atom. The summed E-state index contributed by atoms with van der Waals surface area (Å²) in [5.41, 5.74) is -0.519. The maximum Gasteiger partial charge on any atom is 0.271 e. The first kappa shape index (κ1) is 14.5. The molecule has 0 aromatic rings. The molecule has 0 fully saturated rings. The Morgan fingerprint density at radius 3 is 2.44 bits per heavy atom. The molecule has 0 saturated heterocycles. The van der Waals surface area contributed by atoms with E-state index in [1.54, 1.807) is 5.01 Å². The molecule has 0 saturated carbocycles. The van der Waals surface area contributed by atoms with Crippen molar-refractivity contribution in [2.24, 2.45) is 5.10 Å². The molecule has 1 aliphatic heterocycles. The van der Waals surface area contributed by atoms with E-state index < -0.39 is 9.54 Å². The van der Waals surface area contributed by atoms with Crippen molar-refractivity contribution in [1.82, 2.24) is 9.91 Å². The molecule has 16 heavy (non-hydrogen) atoms. The molecule has 1 atom stereocenters. The van der Waals surface area contributed by atoms with E-state index in [0.29, 0.717) is 0 Å². The second kappa shape index (κ2) is 6.39. The highest BCUT2D eigenvalue weighted by Crippen LogP contribution is 2.35. The van der Waals surface area contributed by atoms with Gasteiger partial charge in [-0.1, -0.05) is 72.6 Å². The van der Waals surface area contributed by atoms with E-state index in [1.165, 1.54) is 30.5 Å². The number of hydrogen-bond donors (Lipinski definition) is 0. The van der Waals surface area contributed by atoms with Crippen LogP contribution >= 0.6 is 46.4 Å². The first-order valence-corrected chi connectivity index (χ1v) is 6.84. The average Bonchev–Trinajstić information content (AvgIpc) is 2.54. The summed E-state index contributed by atoms with van der Waals surface area (Å²) in [5, 5.41) is 5.83. The third-order valence-corrected chi connectivity index (χ3v) is 3.35. The van der Waals surface area contributed by atoms with Crippen LogP contribution in [0.25, 0.3) is 0 Å². The van der Waals surface area contributed by atoms with Gasteiger partial charge in [-0.3, -0.25) is 9.91 Å². The van der Waals surface area contributed by atoms with Crippen LogP contribution in [0.5, 0.6) is 0 Å². The van der Waals surface area contributed by atoms with E-state index in [9.17, 15) is 0 Å². The van der Waals surface area contributed by atoms with E-state index in [0.717, 1.165) is 13.0 Å². The lowest BCUT2D eigenvalue weighted by Crippen LogP contribution is -2.42. The predicted molar refractivity (Wildman–Crippen MR) is 71.1 cm³/mol. The third-order valence-electron chi connectivity index (χ3n) is 2.33. The van der Waals surface area contributed by atoms with Crippen molar-refractivity contribution in [3.05, 3.63) is 0 Å². The van der Waals surface area contributed by atoms with Crippen LogP contribution in [-0.2, 0) is 0 Å². The SMILES string of the molecule is CCCCCCN1N=CN(C(Cl)(Cl)Cl)C1Cl. The van der Waals surface area contributed by atoms with Crippen molar-refractivity contribution in [2.45, 2.75) is 42.1 Å². The highest BCUT2D eigenvalue weighted by molar-refractivity contribution is 6.67. The predicted octanol–water partition coefficient (Wildman–Crippen LogP) is 3.98. The molecule has 0 N–H and O–H groups in total. The maximum absolute atomic E-state index is 6.12. The van der Waals surface area contributed by atoms with Crippen LogP contribution in [0.2, 0.25) is 0 Å². The molecular weight excluding hydrogens is 292 g/mol. The summed E-state index contributed by atoms with van der Waals surface area (Å²) >= 11 is 23.3. The fourth-order valence-electron chi connectivity index (χ4n) is 1.43. The summed E-state index contributed by atoms with van der Waals surface area (Å²) < 4.78 is -1.55. The molecule has 7 heteroatoms. The fourth-order valence-corrected chi connectivity index (χ4v) is 2.33. The van der Waals surface area contributed by atoms with Crippen LogP contribution in [0.3, 0.4) is 0 Å². The summed E-state index contributed by atoms with van der Waals surface area (Å²) in [5.74, 6) is 0. The van der Waals surface area contributed by atoms with Gasteiger partial charge in [-0.15, -0.1) is 0 Å². The van der Waals surface area contributed by atoms with Gasteiger partial charge < -0.3 is 0 Å². The van der Waals surface area contributed by atoms with Gasteiger partial charge in [0.25, 0.3) is 3.92 Å². The van der Waals surface area contributed by atoms with Crippen LogP contribution in [0.15, 0.2) is 5.10 Å². The van der Waals surface area contributed by atoms with Crippen molar-refractivity contribution in [1.29, 1.82) is 0 Å². The molecule has 94 valence electrons. The van der Waals surface area contributed by atoms with E-state index in [1.807, 2.05) is 0 Å². The zero-order chi connectivity index (χ0) is 12.2. The monoisotopic (exact) mass is 305 g/mol. The highest BCUT2D eigenvalue weighted by atomic mass is 35.6. The molecule has 0 aliphatic carbocycles. The summed E-state index contributed by atoms with van der Waals surface area (Å²) in [6.07, 6.45) is 6.10. The lowest BCUT2D eigenvalue weighted by Gasteiger charge is -2.29. The van der Waals surface area contributed by atoms with Gasteiger partial charge in [-0.25, -0.2) is 0 Å². The number of rotatable bonds is 5. The topological polar surface area (TPSA) is 18.8 Å². The Balaban J connectivity index is 2.34. The molecule has 3 nitrogen and oxygen atoms in total. The van der Waals surface area contributed by atoms with Gasteiger partial charge in [0.2, 0.25) is 0 Å². The van der Waals surface area contributed by atoms with Gasteiger partial charge in [0.15, 0.2) is 5.62 Å². The summed E-state index contributed by atoms with van der Waals surface area (Å²) in [6, 6.07) is 0. The molecule has 0 spiro atoms. The number of halogens is 4. The first-order valence-electron chi connectivity index (χ1n) is 5.26. The molecule has 1 aliphatic rings. The molecular formula is C9H15Cl4N3. The number of nitrogens with zero attached hydrogens (tertiary/aromatic N) is 3. The normalized spacial score (nSPS) is 20.9. The quantitative estimate of drug-likeness (QED) is 0.435. The van der Waals surface area contributed by atoms with Gasteiger partial charge in [0, 0.05) is 6.54 Å². The van der Waals surface area contributed by atoms with Gasteiger partial charge in [0.1, 0.15) is 6.34 Å². The summed E-state index contributed by atoms with van der Waals surface area (Å²) in [7, 11) is 0. The van der Waals surface area contributed by atoms with E-state index >= 15 is 0 Å². The van der Waals surface area contributed by atoms with Crippen molar-refractivity contribution < 1.29 is 0 Å². The minimum Gasteiger partial charge on any atom is -0.281 e. The van der Waals surface area contributed by atoms with E-state index in [-0.39, 0.29) is 0 Å². The second-order valence-corrected chi connectivity index (χ2v) is 6.25. The number of unbranched alkanes of at least 4 members (excludes halogenated alkanes) is 3. The van der Waals surface area contributed by atoms with Crippen molar-refractivity contribution in [3.63, 3.8) is 0 Å². The van der Waals surface area contributed by atoms with Crippen molar-refractivity contribution in [2.75, 3.05) is 6.54 Å². The van der Waals surface area contributed by atoms with Crippen LogP contribution in [0.4, 0.5) is 0 Å².